The number of hydrogen-bond donors (Lipinski definition) is 0. The van der Waals surface area contributed by atoms with Gasteiger partial charge in [0.25, 0.3) is 5.69 Å². The van der Waals surface area contributed by atoms with E-state index in [1.807, 2.05) is 30.4 Å². The number of halogens is 1. The summed E-state index contributed by atoms with van der Waals surface area (Å²) in [6.07, 6.45) is 3.79. The van der Waals surface area contributed by atoms with Crippen molar-refractivity contribution >= 4 is 55.3 Å². The predicted octanol–water partition coefficient (Wildman–Crippen LogP) is 5.15. The number of non-ortho nitro benzene ring substituents is 1. The van der Waals surface area contributed by atoms with Gasteiger partial charge < -0.3 is 4.74 Å². The molecule has 116 valence electrons. The first-order valence-corrected chi connectivity index (χ1v) is 8.24. The molecule has 0 amide bonds. The Hall–Kier alpha value is -2.25. The quantitative estimate of drug-likeness (QED) is 0.456. The Balaban J connectivity index is 1.95. The van der Waals surface area contributed by atoms with Crippen molar-refractivity contribution in [1.29, 1.82) is 0 Å². The fraction of sp³-hybridized carbons (Fsp3) is 0.0625. The highest BCUT2D eigenvalue weighted by atomic mass is 79.9. The van der Waals surface area contributed by atoms with Crippen molar-refractivity contribution in [2.75, 3.05) is 7.11 Å². The molecule has 0 saturated heterocycles. The zero-order valence-corrected chi connectivity index (χ0v) is 14.4. The van der Waals surface area contributed by atoms with Crippen molar-refractivity contribution in [2.45, 2.75) is 0 Å². The second-order valence-corrected chi connectivity index (χ2v) is 6.66. The van der Waals surface area contributed by atoms with Crippen molar-refractivity contribution in [3.05, 3.63) is 61.6 Å². The Kier molecular flexibility index (Phi) is 4.40. The smallest absolute Gasteiger partial charge is 0.271 e. The first-order valence-electron chi connectivity index (χ1n) is 6.63. The van der Waals surface area contributed by atoms with Crippen LogP contribution in [0.15, 0.2) is 40.9 Å². The minimum atomic E-state index is -0.416. The number of hydrogen-bond acceptors (Lipinski definition) is 5. The van der Waals surface area contributed by atoms with Crippen LogP contribution in [0.3, 0.4) is 0 Å². The lowest BCUT2D eigenvalue weighted by atomic mass is 10.2. The van der Waals surface area contributed by atoms with Gasteiger partial charge in [0.2, 0.25) is 0 Å². The molecule has 0 saturated carbocycles. The first kappa shape index (κ1) is 15.6. The molecular weight excluding hydrogens is 380 g/mol. The lowest BCUT2D eigenvalue weighted by Gasteiger charge is -2.04. The minimum absolute atomic E-state index is 0.0481. The van der Waals surface area contributed by atoms with E-state index in [9.17, 15) is 10.1 Å². The van der Waals surface area contributed by atoms with Crippen LogP contribution in [0.25, 0.3) is 22.4 Å². The molecule has 0 fully saturated rings. The Morgan fingerprint density at radius 1 is 1.26 bits per heavy atom. The molecule has 0 radical (unpaired) electrons. The van der Waals surface area contributed by atoms with Crippen LogP contribution in [0.4, 0.5) is 5.69 Å². The summed E-state index contributed by atoms with van der Waals surface area (Å²) in [5.41, 5.74) is 1.60. The number of nitrogens with zero attached hydrogens (tertiary/aromatic N) is 2. The molecule has 5 nitrogen and oxygen atoms in total. The average Bonchev–Trinajstić information content (AvgIpc) is 2.94. The number of aromatic nitrogens is 1. The summed E-state index contributed by atoms with van der Waals surface area (Å²) in [4.78, 5) is 14.8. The molecule has 3 rings (SSSR count). The number of ether oxygens (including phenoxy) is 1. The molecule has 2 aromatic carbocycles. The molecule has 0 atom stereocenters. The van der Waals surface area contributed by atoms with Gasteiger partial charge >= 0.3 is 0 Å². The fourth-order valence-corrected chi connectivity index (χ4v) is 3.34. The van der Waals surface area contributed by atoms with E-state index in [1.165, 1.54) is 23.5 Å². The van der Waals surface area contributed by atoms with Crippen LogP contribution >= 0.6 is 27.3 Å². The third kappa shape index (κ3) is 3.40. The summed E-state index contributed by atoms with van der Waals surface area (Å²) < 4.78 is 7.20. The van der Waals surface area contributed by atoms with Gasteiger partial charge in [-0.05, 0) is 36.4 Å². The molecule has 0 aliphatic rings. The number of nitro groups is 1. The number of benzene rings is 2. The van der Waals surface area contributed by atoms with E-state index in [0.29, 0.717) is 5.52 Å². The second kappa shape index (κ2) is 6.47. The van der Waals surface area contributed by atoms with Crippen molar-refractivity contribution in [2.24, 2.45) is 0 Å². The van der Waals surface area contributed by atoms with Gasteiger partial charge in [0, 0.05) is 22.2 Å². The Morgan fingerprint density at radius 2 is 2.09 bits per heavy atom. The molecule has 23 heavy (non-hydrogen) atoms. The van der Waals surface area contributed by atoms with E-state index in [-0.39, 0.29) is 5.69 Å². The molecule has 7 heteroatoms. The Labute approximate surface area is 144 Å². The summed E-state index contributed by atoms with van der Waals surface area (Å²) in [6, 6.07) is 10.4. The van der Waals surface area contributed by atoms with Crippen LogP contribution in [0.2, 0.25) is 0 Å². The van der Waals surface area contributed by atoms with Crippen molar-refractivity contribution < 1.29 is 9.66 Å². The molecule has 1 heterocycles. The van der Waals surface area contributed by atoms with Crippen LogP contribution < -0.4 is 4.74 Å². The van der Waals surface area contributed by atoms with E-state index >= 15 is 0 Å². The standard InChI is InChI=1S/C16H11BrN2O3S/c1-22-14-5-3-11(17)8-10(14)2-7-16-18-13-9-12(19(20)21)4-6-15(13)23-16/h2-9H,1H3/b7-2+. The van der Waals surface area contributed by atoms with Gasteiger partial charge in [0.15, 0.2) is 0 Å². The Morgan fingerprint density at radius 3 is 2.83 bits per heavy atom. The Bertz CT molecular complexity index is 921. The van der Waals surface area contributed by atoms with Gasteiger partial charge in [-0.25, -0.2) is 4.98 Å². The van der Waals surface area contributed by atoms with Gasteiger partial charge in [0.1, 0.15) is 10.8 Å². The topological polar surface area (TPSA) is 65.3 Å². The van der Waals surface area contributed by atoms with E-state index < -0.39 is 4.92 Å². The minimum Gasteiger partial charge on any atom is -0.496 e. The lowest BCUT2D eigenvalue weighted by Crippen LogP contribution is -1.86. The maximum absolute atomic E-state index is 10.8. The van der Waals surface area contributed by atoms with Gasteiger partial charge in [-0.15, -0.1) is 11.3 Å². The molecule has 0 bridgehead atoms. The highest BCUT2D eigenvalue weighted by Gasteiger charge is 2.09. The number of nitro benzene ring substituents is 1. The zero-order chi connectivity index (χ0) is 16.4. The van der Waals surface area contributed by atoms with Gasteiger partial charge in [0.05, 0.1) is 22.2 Å². The maximum Gasteiger partial charge on any atom is 0.271 e. The van der Waals surface area contributed by atoms with Crippen molar-refractivity contribution in [3.63, 3.8) is 0 Å². The molecule has 0 N–H and O–H groups in total. The SMILES string of the molecule is COc1ccc(Br)cc1/C=C/c1nc2cc([N+](=O)[O-])ccc2s1. The van der Waals surface area contributed by atoms with E-state index in [1.54, 1.807) is 13.2 Å². The molecular formula is C16H11BrN2O3S. The summed E-state index contributed by atoms with van der Waals surface area (Å²) in [7, 11) is 1.62. The second-order valence-electron chi connectivity index (χ2n) is 4.68. The molecule has 0 spiro atoms. The van der Waals surface area contributed by atoms with Gasteiger partial charge in [-0.1, -0.05) is 15.9 Å². The number of rotatable bonds is 4. The van der Waals surface area contributed by atoms with Gasteiger partial charge in [-0.3, -0.25) is 10.1 Å². The van der Waals surface area contributed by atoms with Crippen molar-refractivity contribution in [1.82, 2.24) is 4.98 Å². The van der Waals surface area contributed by atoms with Crippen LogP contribution in [0.1, 0.15) is 10.6 Å². The summed E-state index contributed by atoms with van der Waals surface area (Å²) >= 11 is 4.92. The van der Waals surface area contributed by atoms with Crippen LogP contribution in [-0.2, 0) is 0 Å². The summed E-state index contributed by atoms with van der Waals surface area (Å²) in [5, 5.41) is 11.6. The third-order valence-electron chi connectivity index (χ3n) is 3.20. The van der Waals surface area contributed by atoms with E-state index in [4.69, 9.17) is 4.74 Å². The van der Waals surface area contributed by atoms with E-state index in [2.05, 4.69) is 20.9 Å². The highest BCUT2D eigenvalue weighted by Crippen LogP contribution is 2.29. The van der Waals surface area contributed by atoms with Crippen LogP contribution in [0, 0.1) is 10.1 Å². The third-order valence-corrected chi connectivity index (χ3v) is 4.69. The molecule has 0 unspecified atom stereocenters. The number of thiazole rings is 1. The van der Waals surface area contributed by atoms with Crippen LogP contribution in [0.5, 0.6) is 5.75 Å². The highest BCUT2D eigenvalue weighted by molar-refractivity contribution is 9.10. The molecule has 3 aromatic rings. The predicted molar refractivity (Wildman–Crippen MR) is 95.9 cm³/mol. The largest absolute Gasteiger partial charge is 0.496 e. The molecule has 0 aliphatic heterocycles. The zero-order valence-electron chi connectivity index (χ0n) is 12.0. The normalized spacial score (nSPS) is 11.2. The monoisotopic (exact) mass is 390 g/mol. The number of methoxy groups -OCH3 is 1. The summed E-state index contributed by atoms with van der Waals surface area (Å²) in [6.45, 7) is 0. The molecule has 0 aliphatic carbocycles. The van der Waals surface area contributed by atoms with Crippen LogP contribution in [-0.4, -0.2) is 17.0 Å². The maximum atomic E-state index is 10.8. The first-order chi connectivity index (χ1) is 11.1. The molecule has 1 aromatic heterocycles. The van der Waals surface area contributed by atoms with Gasteiger partial charge in [-0.2, -0.15) is 0 Å². The summed E-state index contributed by atoms with van der Waals surface area (Å²) in [5.74, 6) is 0.765. The lowest BCUT2D eigenvalue weighted by molar-refractivity contribution is -0.384. The number of fused-ring (bicyclic) bond motifs is 1. The van der Waals surface area contributed by atoms with E-state index in [0.717, 1.165) is 25.5 Å². The van der Waals surface area contributed by atoms with Crippen molar-refractivity contribution in [3.8, 4) is 5.75 Å². The fourth-order valence-electron chi connectivity index (χ4n) is 2.12. The average molecular weight is 391 g/mol.